The molecule has 8 nitrogen and oxygen atoms in total. The number of aromatic hydroxyl groups is 1. The van der Waals surface area contributed by atoms with Crippen LogP contribution in [0.1, 0.15) is 49.8 Å². The summed E-state index contributed by atoms with van der Waals surface area (Å²) in [6.07, 6.45) is 1.90. The number of ether oxygens (including phenoxy) is 1. The third-order valence-corrected chi connectivity index (χ3v) is 11.2. The molecule has 0 unspecified atom stereocenters. The van der Waals surface area contributed by atoms with Gasteiger partial charge in [-0.25, -0.2) is 18.2 Å². The van der Waals surface area contributed by atoms with Crippen LogP contribution in [-0.4, -0.2) is 81.0 Å². The maximum atomic E-state index is 17.0. The van der Waals surface area contributed by atoms with Gasteiger partial charge in [-0.2, -0.15) is 18.7 Å². The Balaban J connectivity index is 1.28. The predicted molar refractivity (Wildman–Crippen MR) is 165 cm³/mol. The highest BCUT2D eigenvalue weighted by molar-refractivity contribution is 6.02. The first-order valence-corrected chi connectivity index (χ1v) is 16.3. The van der Waals surface area contributed by atoms with E-state index in [0.29, 0.717) is 31.3 Å². The fraction of sp³-hybridized carbons (Fsp3) is 0.500. The molecule has 2 aromatic heterocycles. The van der Waals surface area contributed by atoms with Gasteiger partial charge in [-0.1, -0.05) is 6.07 Å². The van der Waals surface area contributed by atoms with Crippen LogP contribution in [0.5, 0.6) is 11.8 Å². The van der Waals surface area contributed by atoms with Gasteiger partial charge >= 0.3 is 6.01 Å². The van der Waals surface area contributed by atoms with Crippen molar-refractivity contribution in [2.75, 3.05) is 31.1 Å². The van der Waals surface area contributed by atoms with Crippen LogP contribution in [0.4, 0.5) is 27.8 Å². The molecule has 5 atom stereocenters. The number of nitrogens with zero attached hydrogens (tertiary/aromatic N) is 5. The van der Waals surface area contributed by atoms with Gasteiger partial charge in [0.05, 0.1) is 17.0 Å². The average molecular weight is 653 g/mol. The van der Waals surface area contributed by atoms with Crippen molar-refractivity contribution < 1.29 is 31.8 Å². The SMILES string of the molecule is Cc1c(F)ccc2cc(O)cc(-c3nc4c5c(nc(OC[C@@]67CCCN6C[C@H](F)C7)nc5c3F)N3C[C@H]5CC[C@H](N5)[C@H]3CC4(F)F)c12. The van der Waals surface area contributed by atoms with E-state index in [1.165, 1.54) is 31.2 Å². The summed E-state index contributed by atoms with van der Waals surface area (Å²) < 4.78 is 85.6. The molecule has 4 fully saturated rings. The molecule has 4 aromatic rings. The molecule has 2 aromatic carbocycles. The van der Waals surface area contributed by atoms with Crippen molar-refractivity contribution in [2.24, 2.45) is 0 Å². The second-order valence-electron chi connectivity index (χ2n) is 14.0. The van der Waals surface area contributed by atoms with Crippen LogP contribution in [0.2, 0.25) is 0 Å². The van der Waals surface area contributed by atoms with E-state index < -0.39 is 58.6 Å². The van der Waals surface area contributed by atoms with Gasteiger partial charge in [0.1, 0.15) is 47.1 Å². The van der Waals surface area contributed by atoms with Crippen molar-refractivity contribution in [3.8, 4) is 23.0 Å². The van der Waals surface area contributed by atoms with E-state index in [0.717, 1.165) is 25.8 Å². The number of hydrogen-bond donors (Lipinski definition) is 2. The molecule has 2 N–H and O–H groups in total. The summed E-state index contributed by atoms with van der Waals surface area (Å²) in [6.45, 7) is 3.04. The molecule has 7 heterocycles. The molecule has 4 saturated heterocycles. The van der Waals surface area contributed by atoms with Crippen LogP contribution < -0.4 is 15.0 Å². The highest BCUT2D eigenvalue weighted by Crippen LogP contribution is 2.50. The summed E-state index contributed by atoms with van der Waals surface area (Å²) in [7, 11) is 0. The van der Waals surface area contributed by atoms with Gasteiger partial charge in [0.15, 0.2) is 5.82 Å². The molecule has 9 rings (SSSR count). The van der Waals surface area contributed by atoms with Crippen LogP contribution in [0.15, 0.2) is 24.3 Å². The van der Waals surface area contributed by atoms with Crippen molar-refractivity contribution >= 4 is 27.5 Å². The zero-order valence-corrected chi connectivity index (χ0v) is 25.7. The lowest BCUT2D eigenvalue weighted by atomic mass is 9.94. The number of piperazine rings is 1. The third-order valence-electron chi connectivity index (χ3n) is 11.2. The van der Waals surface area contributed by atoms with Crippen molar-refractivity contribution in [3.05, 3.63) is 47.2 Å². The number of nitrogens with one attached hydrogen (secondary N) is 1. The molecule has 0 spiro atoms. The number of anilines is 1. The number of phenolic OH excluding ortho intramolecular Hbond substituents is 1. The van der Waals surface area contributed by atoms with Crippen molar-refractivity contribution in [2.45, 2.75) is 81.2 Å². The smallest absolute Gasteiger partial charge is 0.319 e. The molecule has 0 amide bonds. The Labute approximate surface area is 266 Å². The summed E-state index contributed by atoms with van der Waals surface area (Å²) in [5.74, 6) is -5.21. The molecular weight excluding hydrogens is 619 g/mol. The summed E-state index contributed by atoms with van der Waals surface area (Å²) in [4.78, 5) is 17.3. The Hall–Kier alpha value is -3.84. The molecule has 2 bridgehead atoms. The topological polar surface area (TPSA) is 86.6 Å². The minimum Gasteiger partial charge on any atom is -0.508 e. The lowest BCUT2D eigenvalue weighted by Crippen LogP contribution is -2.59. The molecule has 0 radical (unpaired) electrons. The first-order chi connectivity index (χ1) is 22.5. The molecule has 13 heteroatoms. The lowest BCUT2D eigenvalue weighted by Gasteiger charge is -2.41. The largest absolute Gasteiger partial charge is 0.508 e. The van der Waals surface area contributed by atoms with Gasteiger partial charge in [-0.3, -0.25) is 4.90 Å². The standard InChI is InChI=1S/C34H33F5N6O2/c1-16-22(36)5-3-17-9-20(46)10-21(25(16)17)28-27(37)29-26-30(41-28)34(38,39)12-24-23-6-4-19(40-23)14-45(24)31(26)43-32(42-29)47-15-33-7-2-8-44(33)13-18(35)11-33/h3,5,9-10,18-19,23-24,40,46H,2,4,6-8,11-15H2,1H3/t18-,19-,23+,24-,33+/m1/s1. The second-order valence-corrected chi connectivity index (χ2v) is 14.0. The van der Waals surface area contributed by atoms with Gasteiger partial charge in [-0.15, -0.1) is 0 Å². The molecule has 47 heavy (non-hydrogen) atoms. The summed E-state index contributed by atoms with van der Waals surface area (Å²) in [5.41, 5.74) is -1.95. The molecule has 0 aliphatic carbocycles. The zero-order valence-electron chi connectivity index (χ0n) is 25.7. The van der Waals surface area contributed by atoms with Gasteiger partial charge in [-0.05, 0) is 73.7 Å². The summed E-state index contributed by atoms with van der Waals surface area (Å²) >= 11 is 0. The van der Waals surface area contributed by atoms with E-state index in [4.69, 9.17) is 4.74 Å². The average Bonchev–Trinajstić information content (AvgIpc) is 3.69. The van der Waals surface area contributed by atoms with Gasteiger partial charge in [0.2, 0.25) is 0 Å². The fourth-order valence-electron chi connectivity index (χ4n) is 9.03. The number of benzene rings is 2. The minimum atomic E-state index is -3.51. The maximum Gasteiger partial charge on any atom is 0.319 e. The van der Waals surface area contributed by atoms with Gasteiger partial charge in [0.25, 0.3) is 5.92 Å². The molecule has 5 aliphatic heterocycles. The van der Waals surface area contributed by atoms with Crippen LogP contribution in [0.3, 0.4) is 0 Å². The summed E-state index contributed by atoms with van der Waals surface area (Å²) in [6, 6.07) is 4.27. The number of hydrogen-bond acceptors (Lipinski definition) is 8. The molecule has 5 aliphatic rings. The van der Waals surface area contributed by atoms with Crippen molar-refractivity contribution in [1.29, 1.82) is 0 Å². The van der Waals surface area contributed by atoms with Crippen LogP contribution >= 0.6 is 0 Å². The van der Waals surface area contributed by atoms with E-state index in [1.807, 2.05) is 4.90 Å². The van der Waals surface area contributed by atoms with Crippen molar-refractivity contribution in [3.63, 3.8) is 0 Å². The number of alkyl halides is 3. The minimum absolute atomic E-state index is 0.0331. The Kier molecular flexibility index (Phi) is 6.29. The number of aryl methyl sites for hydroxylation is 1. The zero-order chi connectivity index (χ0) is 32.4. The Morgan fingerprint density at radius 2 is 1.91 bits per heavy atom. The Bertz CT molecular complexity index is 1980. The van der Waals surface area contributed by atoms with E-state index >= 15 is 13.2 Å². The second kappa shape index (κ2) is 10.1. The van der Waals surface area contributed by atoms with E-state index in [9.17, 15) is 13.9 Å². The highest BCUT2D eigenvalue weighted by Gasteiger charge is 2.52. The van der Waals surface area contributed by atoms with E-state index in [2.05, 4.69) is 25.2 Å². The Morgan fingerprint density at radius 1 is 1.06 bits per heavy atom. The number of rotatable bonds is 4. The lowest BCUT2D eigenvalue weighted by molar-refractivity contribution is -0.0255. The quantitative estimate of drug-likeness (QED) is 0.264. The van der Waals surface area contributed by atoms with Crippen molar-refractivity contribution in [1.82, 2.24) is 25.2 Å². The predicted octanol–water partition coefficient (Wildman–Crippen LogP) is 5.90. The first-order valence-electron chi connectivity index (χ1n) is 16.3. The first kappa shape index (κ1) is 29.3. The molecule has 246 valence electrons. The van der Waals surface area contributed by atoms with Crippen LogP contribution in [0.25, 0.3) is 32.9 Å². The van der Waals surface area contributed by atoms with Gasteiger partial charge in [0, 0.05) is 43.6 Å². The number of fused-ring (bicyclic) bond motifs is 7. The normalized spacial score (nSPS) is 29.4. The Morgan fingerprint density at radius 3 is 2.77 bits per heavy atom. The maximum absolute atomic E-state index is 17.0. The number of halogens is 5. The third kappa shape index (κ3) is 4.34. The number of aromatic nitrogens is 3. The van der Waals surface area contributed by atoms with Crippen LogP contribution in [-0.2, 0) is 5.92 Å². The van der Waals surface area contributed by atoms with Crippen LogP contribution in [0, 0.1) is 18.6 Å². The van der Waals surface area contributed by atoms with Gasteiger partial charge < -0.3 is 20.1 Å². The van der Waals surface area contributed by atoms with E-state index in [-0.39, 0.29) is 58.2 Å². The monoisotopic (exact) mass is 652 g/mol. The molecular formula is C34H33F5N6O2. The van der Waals surface area contributed by atoms with E-state index in [1.54, 1.807) is 0 Å². The molecule has 0 saturated carbocycles. The fourth-order valence-corrected chi connectivity index (χ4v) is 9.03. The number of phenols is 1. The summed E-state index contributed by atoms with van der Waals surface area (Å²) in [5, 5.41) is 14.5. The number of pyridine rings is 1. The highest BCUT2D eigenvalue weighted by atomic mass is 19.3.